The first-order valence-corrected chi connectivity index (χ1v) is 12.8. The van der Waals surface area contributed by atoms with E-state index in [9.17, 15) is 9.59 Å². The Bertz CT molecular complexity index is 997. The Morgan fingerprint density at radius 2 is 2.29 bits per heavy atom. The van der Waals surface area contributed by atoms with Crippen molar-refractivity contribution in [2.45, 2.75) is 69.8 Å². The van der Waals surface area contributed by atoms with Crippen LogP contribution >= 0.6 is 23.1 Å². The van der Waals surface area contributed by atoms with Crippen LogP contribution < -0.4 is 10.9 Å². The van der Waals surface area contributed by atoms with Crippen LogP contribution in [0.2, 0.25) is 0 Å². The molecule has 170 valence electrons. The number of fused-ring (bicyclic) bond motifs is 3. The lowest BCUT2D eigenvalue weighted by molar-refractivity contribution is -0.119. The smallest absolute Gasteiger partial charge is 0.263 e. The van der Waals surface area contributed by atoms with Crippen molar-refractivity contribution in [3.63, 3.8) is 0 Å². The molecule has 7 nitrogen and oxygen atoms in total. The lowest BCUT2D eigenvalue weighted by Gasteiger charge is -2.18. The zero-order valence-electron chi connectivity index (χ0n) is 18.4. The molecule has 4 rings (SSSR count). The molecule has 3 unspecified atom stereocenters. The Kier molecular flexibility index (Phi) is 7.36. The van der Waals surface area contributed by atoms with Crippen LogP contribution in [0.5, 0.6) is 0 Å². The van der Waals surface area contributed by atoms with E-state index in [2.05, 4.69) is 12.2 Å². The maximum Gasteiger partial charge on any atom is 0.263 e. The van der Waals surface area contributed by atoms with Gasteiger partial charge < -0.3 is 14.8 Å². The highest BCUT2D eigenvalue weighted by molar-refractivity contribution is 7.99. The molecule has 2 aliphatic rings. The van der Waals surface area contributed by atoms with Crippen LogP contribution in [-0.2, 0) is 33.7 Å². The summed E-state index contributed by atoms with van der Waals surface area (Å²) in [5.74, 6) is 0.757. The van der Waals surface area contributed by atoms with Gasteiger partial charge in [-0.25, -0.2) is 4.98 Å². The van der Waals surface area contributed by atoms with Gasteiger partial charge in [-0.15, -0.1) is 11.3 Å². The van der Waals surface area contributed by atoms with Gasteiger partial charge in [0.25, 0.3) is 5.56 Å². The number of amides is 1. The molecule has 0 bridgehead atoms. The Labute approximate surface area is 190 Å². The van der Waals surface area contributed by atoms with E-state index in [-0.39, 0.29) is 29.4 Å². The fourth-order valence-electron chi connectivity index (χ4n) is 4.41. The zero-order chi connectivity index (χ0) is 22.0. The Morgan fingerprint density at radius 1 is 1.45 bits per heavy atom. The molecule has 1 fully saturated rings. The van der Waals surface area contributed by atoms with Crippen LogP contribution in [0.25, 0.3) is 10.2 Å². The molecule has 31 heavy (non-hydrogen) atoms. The molecule has 1 aliphatic carbocycles. The maximum atomic E-state index is 13.6. The summed E-state index contributed by atoms with van der Waals surface area (Å²) in [6, 6.07) is -0.0615. The highest BCUT2D eigenvalue weighted by Gasteiger charge is 2.26. The number of thioether (sulfide) groups is 1. The van der Waals surface area contributed by atoms with Crippen molar-refractivity contribution in [1.82, 2.24) is 14.9 Å². The van der Waals surface area contributed by atoms with Gasteiger partial charge in [-0.2, -0.15) is 0 Å². The van der Waals surface area contributed by atoms with E-state index in [1.165, 1.54) is 22.2 Å². The number of aryl methyl sites for hydroxylation is 1. The fraction of sp³-hybridized carbons (Fsp3) is 0.682. The summed E-state index contributed by atoms with van der Waals surface area (Å²) in [5, 5.41) is 4.31. The van der Waals surface area contributed by atoms with Crippen LogP contribution in [-0.4, -0.2) is 53.7 Å². The second-order valence-corrected chi connectivity index (χ2v) is 10.7. The molecule has 3 atom stereocenters. The molecule has 2 aromatic heterocycles. The van der Waals surface area contributed by atoms with Crippen LogP contribution in [0.3, 0.4) is 0 Å². The third kappa shape index (κ3) is 5.16. The number of nitrogens with one attached hydrogen (secondary N) is 1. The van der Waals surface area contributed by atoms with Crippen LogP contribution in [0.4, 0.5) is 0 Å². The molecule has 0 spiro atoms. The SMILES string of the molecule is COCC(C)NC(=O)CSc1nc2sc3c(c2c(=O)n1CC1CCCO1)CCC(C)C3. The summed E-state index contributed by atoms with van der Waals surface area (Å²) in [4.78, 5) is 33.0. The number of hydrogen-bond acceptors (Lipinski definition) is 7. The largest absolute Gasteiger partial charge is 0.383 e. The normalized spacial score (nSPS) is 21.9. The van der Waals surface area contributed by atoms with E-state index >= 15 is 0 Å². The highest BCUT2D eigenvalue weighted by atomic mass is 32.2. The number of hydrogen-bond donors (Lipinski definition) is 1. The highest BCUT2D eigenvalue weighted by Crippen LogP contribution is 2.36. The first kappa shape index (κ1) is 22.8. The molecule has 1 N–H and O–H groups in total. The van der Waals surface area contributed by atoms with Crippen molar-refractivity contribution in [2.24, 2.45) is 5.92 Å². The molecule has 1 saturated heterocycles. The predicted octanol–water partition coefficient (Wildman–Crippen LogP) is 3.01. The number of ether oxygens (including phenoxy) is 2. The molecular weight excluding hydrogens is 434 g/mol. The number of rotatable bonds is 8. The van der Waals surface area contributed by atoms with Crippen molar-refractivity contribution in [3.8, 4) is 0 Å². The van der Waals surface area contributed by atoms with Gasteiger partial charge in [-0.1, -0.05) is 18.7 Å². The molecule has 0 saturated carbocycles. The van der Waals surface area contributed by atoms with Crippen LogP contribution in [0.1, 0.15) is 43.6 Å². The predicted molar refractivity (Wildman–Crippen MR) is 124 cm³/mol. The molecule has 3 heterocycles. The van der Waals surface area contributed by atoms with Crippen molar-refractivity contribution < 1.29 is 14.3 Å². The average molecular weight is 466 g/mol. The lowest BCUT2D eigenvalue weighted by Crippen LogP contribution is -2.37. The molecule has 2 aromatic rings. The zero-order valence-corrected chi connectivity index (χ0v) is 20.1. The first-order valence-electron chi connectivity index (χ1n) is 11.0. The van der Waals surface area contributed by atoms with E-state index in [1.54, 1.807) is 23.0 Å². The van der Waals surface area contributed by atoms with E-state index in [1.807, 2.05) is 6.92 Å². The molecular formula is C22H31N3O4S2. The van der Waals surface area contributed by atoms with Crippen molar-refractivity contribution in [2.75, 3.05) is 26.1 Å². The third-order valence-corrected chi connectivity index (χ3v) is 8.07. The molecule has 0 radical (unpaired) electrons. The first-order chi connectivity index (χ1) is 15.0. The van der Waals surface area contributed by atoms with Gasteiger partial charge in [0.2, 0.25) is 5.91 Å². The summed E-state index contributed by atoms with van der Waals surface area (Å²) in [7, 11) is 1.61. The fourth-order valence-corrected chi connectivity index (χ4v) is 6.65. The number of thiophene rings is 1. The van der Waals surface area contributed by atoms with Crippen molar-refractivity contribution in [1.29, 1.82) is 0 Å². The summed E-state index contributed by atoms with van der Waals surface area (Å²) >= 11 is 2.97. The summed E-state index contributed by atoms with van der Waals surface area (Å²) in [6.07, 6.45) is 5.07. The topological polar surface area (TPSA) is 82.5 Å². The maximum absolute atomic E-state index is 13.6. The van der Waals surface area contributed by atoms with Crippen LogP contribution in [0, 0.1) is 5.92 Å². The number of aromatic nitrogens is 2. The van der Waals surface area contributed by atoms with Crippen molar-refractivity contribution >= 4 is 39.2 Å². The number of carbonyl (C=O) groups excluding carboxylic acids is 1. The average Bonchev–Trinajstić information content (AvgIpc) is 3.35. The van der Waals surface area contributed by atoms with Crippen LogP contribution in [0.15, 0.2) is 9.95 Å². The molecule has 9 heteroatoms. The van der Waals surface area contributed by atoms with Gasteiger partial charge in [-0.3, -0.25) is 14.2 Å². The second-order valence-electron chi connectivity index (χ2n) is 8.69. The summed E-state index contributed by atoms with van der Waals surface area (Å²) in [5.41, 5.74) is 1.21. The Hall–Kier alpha value is -1.42. The monoisotopic (exact) mass is 465 g/mol. The molecule has 1 amide bonds. The van der Waals surface area contributed by atoms with E-state index in [0.29, 0.717) is 24.2 Å². The van der Waals surface area contributed by atoms with E-state index in [0.717, 1.165) is 48.9 Å². The quantitative estimate of drug-likeness (QED) is 0.477. The third-order valence-electron chi connectivity index (χ3n) is 5.95. The minimum atomic E-state index is -0.0909. The van der Waals surface area contributed by atoms with E-state index < -0.39 is 0 Å². The number of nitrogens with zero attached hydrogens (tertiary/aromatic N) is 2. The van der Waals surface area contributed by atoms with Gasteiger partial charge in [0.15, 0.2) is 5.16 Å². The van der Waals surface area contributed by atoms with Gasteiger partial charge in [0.1, 0.15) is 4.83 Å². The number of methoxy groups -OCH3 is 1. The molecule has 0 aromatic carbocycles. The lowest BCUT2D eigenvalue weighted by atomic mass is 9.89. The van der Waals surface area contributed by atoms with Crippen molar-refractivity contribution in [3.05, 3.63) is 20.8 Å². The molecule has 1 aliphatic heterocycles. The van der Waals surface area contributed by atoms with Gasteiger partial charge in [0, 0.05) is 24.6 Å². The standard InChI is InChI=1S/C22H31N3O4S2/c1-13-6-7-16-17(9-13)31-20-19(16)21(27)25(10-15-5-4-8-29-15)22(24-20)30-12-18(26)23-14(2)11-28-3/h13-15H,4-12H2,1-3H3,(H,23,26). The number of carbonyl (C=O) groups is 1. The summed E-state index contributed by atoms with van der Waals surface area (Å²) in [6.45, 7) is 5.86. The second kappa shape index (κ2) is 10.0. The van der Waals surface area contributed by atoms with Gasteiger partial charge >= 0.3 is 0 Å². The summed E-state index contributed by atoms with van der Waals surface area (Å²) < 4.78 is 12.6. The minimum absolute atomic E-state index is 0.0169. The van der Waals surface area contributed by atoms with Gasteiger partial charge in [-0.05, 0) is 50.5 Å². The van der Waals surface area contributed by atoms with Gasteiger partial charge in [0.05, 0.1) is 30.4 Å². The Balaban J connectivity index is 1.64. The minimum Gasteiger partial charge on any atom is -0.383 e. The Morgan fingerprint density at radius 3 is 3.03 bits per heavy atom. The van der Waals surface area contributed by atoms with E-state index in [4.69, 9.17) is 14.5 Å².